The largest absolute Gasteiger partial charge is 1.00 e. The zero-order chi connectivity index (χ0) is 31.0. The summed E-state index contributed by atoms with van der Waals surface area (Å²) in [6.07, 6.45) is 11.2. The maximum absolute atomic E-state index is 3.24. The summed E-state index contributed by atoms with van der Waals surface area (Å²) in [4.78, 5) is 0. The van der Waals surface area contributed by atoms with Crippen LogP contribution in [0.15, 0.2) is 96.1 Å². The third kappa shape index (κ3) is 5.43. The first-order valence-electron chi connectivity index (χ1n) is 17.6. The van der Waals surface area contributed by atoms with E-state index in [0.717, 1.165) is 7.35 Å². The molecule has 0 radical (unpaired) electrons. The second kappa shape index (κ2) is 13.3. The van der Waals surface area contributed by atoms with E-state index in [4.69, 9.17) is 0 Å². The predicted molar refractivity (Wildman–Crippen MR) is 190 cm³/mol. The summed E-state index contributed by atoms with van der Waals surface area (Å²) in [5.74, 6) is 1.14. The molecule has 4 aromatic rings. The SMILES string of the molecule is Cc1ccc(-c2cccc3c2C=C(C(C)C)[CH]3[Hf+2]2([CH]3C(C(C)C)=Cc4c(-c5ccc(C)cc5)cccc43)[CH]3CCCC[CH]32)cc1.[Cl-].[Cl-]. The van der Waals surface area contributed by atoms with Crippen LogP contribution in [0.1, 0.15) is 94.1 Å². The second-order valence-corrected chi connectivity index (χ2v) is 32.0. The zero-order valence-electron chi connectivity index (χ0n) is 28.8. The normalized spacial score (nSPS) is 23.9. The molecule has 242 valence electrons. The maximum Gasteiger partial charge on any atom is -1.00 e. The number of rotatable bonds is 6. The molecule has 3 heteroatoms. The van der Waals surface area contributed by atoms with Crippen molar-refractivity contribution in [1.82, 2.24) is 0 Å². The number of halogens is 2. The van der Waals surface area contributed by atoms with Gasteiger partial charge in [0.2, 0.25) is 0 Å². The number of hydrogen-bond donors (Lipinski definition) is 0. The molecule has 8 rings (SSSR count). The Balaban J connectivity index is 0.00000193. The molecule has 1 saturated heterocycles. The number of fused-ring (bicyclic) bond motifs is 3. The van der Waals surface area contributed by atoms with Gasteiger partial charge in [-0.2, -0.15) is 0 Å². The van der Waals surface area contributed by atoms with E-state index >= 15 is 0 Å². The number of benzene rings is 4. The van der Waals surface area contributed by atoms with Crippen molar-refractivity contribution < 1.29 is 44.8 Å². The van der Waals surface area contributed by atoms with E-state index in [1.54, 1.807) is 33.4 Å². The van der Waals surface area contributed by atoms with Gasteiger partial charge in [-0.15, -0.1) is 0 Å². The van der Waals surface area contributed by atoms with Crippen molar-refractivity contribution in [3.05, 3.63) is 129 Å². The monoisotopic (exact) mass is 826 g/mol. The third-order valence-electron chi connectivity index (χ3n) is 12.2. The van der Waals surface area contributed by atoms with E-state index in [9.17, 15) is 0 Å². The number of aryl methyl sites for hydroxylation is 2. The number of allylic oxidation sites excluding steroid dienone is 2. The van der Waals surface area contributed by atoms with Crippen LogP contribution >= 0.6 is 0 Å². The van der Waals surface area contributed by atoms with Crippen molar-refractivity contribution in [2.24, 2.45) is 11.8 Å². The summed E-state index contributed by atoms with van der Waals surface area (Å²) in [6.45, 7) is 14.3. The number of hydrogen-bond acceptors (Lipinski definition) is 0. The minimum atomic E-state index is -3.24. The van der Waals surface area contributed by atoms with Gasteiger partial charge in [0.15, 0.2) is 0 Å². The van der Waals surface area contributed by atoms with E-state index in [1.165, 1.54) is 59.1 Å². The first-order valence-corrected chi connectivity index (χ1v) is 25.9. The van der Waals surface area contributed by atoms with Crippen LogP contribution in [0, 0.1) is 25.7 Å². The van der Waals surface area contributed by atoms with E-state index in [-0.39, 0.29) is 24.8 Å². The Kier molecular flexibility index (Phi) is 9.78. The van der Waals surface area contributed by atoms with Gasteiger partial charge in [0.1, 0.15) is 0 Å². The fourth-order valence-corrected chi connectivity index (χ4v) is 46.5. The molecule has 3 aliphatic carbocycles. The third-order valence-corrected chi connectivity index (χ3v) is 36.8. The molecule has 47 heavy (non-hydrogen) atoms. The zero-order valence-corrected chi connectivity index (χ0v) is 33.9. The summed E-state index contributed by atoms with van der Waals surface area (Å²) >= 11 is -3.24. The predicted octanol–water partition coefficient (Wildman–Crippen LogP) is 6.85. The molecule has 1 saturated carbocycles. The summed E-state index contributed by atoms with van der Waals surface area (Å²) in [7, 11) is 0. The van der Waals surface area contributed by atoms with Gasteiger partial charge in [0.05, 0.1) is 0 Å². The minimum absolute atomic E-state index is 0. The van der Waals surface area contributed by atoms with Gasteiger partial charge in [0.25, 0.3) is 0 Å². The first-order chi connectivity index (χ1) is 21.8. The molecule has 4 aliphatic rings. The van der Waals surface area contributed by atoms with Crippen molar-refractivity contribution >= 4 is 12.2 Å². The Morgan fingerprint density at radius 1 is 0.532 bits per heavy atom. The minimum Gasteiger partial charge on any atom is -1.00 e. The summed E-state index contributed by atoms with van der Waals surface area (Å²) in [6, 6.07) is 33.2. The molecular formula is C44H48Cl2Hf. The molecule has 0 nitrogen and oxygen atoms in total. The van der Waals surface area contributed by atoms with Crippen LogP contribution in [0.3, 0.4) is 0 Å². The molecule has 0 amide bonds. The quantitative estimate of drug-likeness (QED) is 0.187. The summed E-state index contributed by atoms with van der Waals surface area (Å²) < 4.78 is 3.39. The molecule has 1 heterocycles. The Bertz CT molecular complexity index is 1710. The van der Waals surface area contributed by atoms with Gasteiger partial charge >= 0.3 is 278 Å². The van der Waals surface area contributed by atoms with Crippen LogP contribution in [-0.2, 0) is 20.0 Å². The van der Waals surface area contributed by atoms with Gasteiger partial charge in [-0.3, -0.25) is 0 Å². The molecule has 4 unspecified atom stereocenters. The average Bonchev–Trinajstić information content (AvgIpc) is 3.32. The van der Waals surface area contributed by atoms with Crippen molar-refractivity contribution in [2.75, 3.05) is 0 Å². The molecule has 4 aromatic carbocycles. The van der Waals surface area contributed by atoms with E-state index in [0.29, 0.717) is 19.2 Å². The molecular weight excluding hydrogens is 778 g/mol. The Hall–Kier alpha value is -2.19. The van der Waals surface area contributed by atoms with Crippen LogP contribution in [0.2, 0.25) is 7.35 Å². The maximum atomic E-state index is 2.70. The van der Waals surface area contributed by atoms with Crippen LogP contribution in [0.4, 0.5) is 0 Å². The molecule has 0 N–H and O–H groups in total. The van der Waals surface area contributed by atoms with Crippen LogP contribution in [-0.4, -0.2) is 0 Å². The molecule has 4 atom stereocenters. The van der Waals surface area contributed by atoms with Gasteiger partial charge in [0, 0.05) is 0 Å². The molecule has 0 bridgehead atoms. The van der Waals surface area contributed by atoms with Crippen molar-refractivity contribution in [3.63, 3.8) is 0 Å². The van der Waals surface area contributed by atoms with Crippen molar-refractivity contribution in [2.45, 2.75) is 81.9 Å². The van der Waals surface area contributed by atoms with Crippen LogP contribution in [0.5, 0.6) is 0 Å². The Labute approximate surface area is 300 Å². The Morgan fingerprint density at radius 2 is 0.915 bits per heavy atom. The first kappa shape index (κ1) is 34.7. The average molecular weight is 826 g/mol. The van der Waals surface area contributed by atoms with Crippen molar-refractivity contribution in [3.8, 4) is 22.3 Å². The van der Waals surface area contributed by atoms with E-state index in [2.05, 4.69) is 139 Å². The van der Waals surface area contributed by atoms with Gasteiger partial charge in [-0.05, 0) is 0 Å². The van der Waals surface area contributed by atoms with Gasteiger partial charge < -0.3 is 24.8 Å². The van der Waals surface area contributed by atoms with Crippen LogP contribution < -0.4 is 24.8 Å². The molecule has 1 aliphatic heterocycles. The standard InChI is InChI=1S/2C19H19.C6H10.2ClH.Hf/c2*1-13(2)17-11-16-5-4-6-18(19(16)12-17)15-9-7-14(3)8-10-15;1-2-4-6-5-3-1;;;/h2*4-13H,1-3H3;1-2H,3-6H2;2*1H;/q;;;;;+2/p-2. The second-order valence-electron chi connectivity index (χ2n) is 15.3. The van der Waals surface area contributed by atoms with Gasteiger partial charge in [-0.25, -0.2) is 0 Å². The van der Waals surface area contributed by atoms with E-state index < -0.39 is 20.0 Å². The molecule has 2 fully saturated rings. The van der Waals surface area contributed by atoms with E-state index in [1.807, 2.05) is 0 Å². The van der Waals surface area contributed by atoms with Crippen molar-refractivity contribution in [1.29, 1.82) is 0 Å². The summed E-state index contributed by atoms with van der Waals surface area (Å²) in [5.41, 5.74) is 18.3. The molecule has 0 spiro atoms. The Morgan fingerprint density at radius 3 is 1.28 bits per heavy atom. The smallest absolute Gasteiger partial charge is 1.00 e. The van der Waals surface area contributed by atoms with Crippen LogP contribution in [0.25, 0.3) is 34.4 Å². The fraction of sp³-hybridized carbons (Fsp3) is 0.364. The topological polar surface area (TPSA) is 0 Å². The van der Waals surface area contributed by atoms with Gasteiger partial charge in [-0.1, -0.05) is 0 Å². The summed E-state index contributed by atoms with van der Waals surface area (Å²) in [5, 5.41) is 0. The fourth-order valence-electron chi connectivity index (χ4n) is 10.2. The molecule has 0 aromatic heterocycles.